The predicted octanol–water partition coefficient (Wildman–Crippen LogP) is 5.19. The highest BCUT2D eigenvalue weighted by molar-refractivity contribution is 7.91. The van der Waals surface area contributed by atoms with Crippen molar-refractivity contribution in [3.05, 3.63) is 65.9 Å². The molecule has 14 nitrogen and oxygen atoms in total. The fourth-order valence-corrected chi connectivity index (χ4v) is 8.52. The van der Waals surface area contributed by atoms with Crippen molar-refractivity contribution in [2.45, 2.75) is 108 Å². The van der Waals surface area contributed by atoms with E-state index in [2.05, 4.69) is 20.3 Å². The molecule has 2 saturated carbocycles. The molecule has 4 amide bonds. The van der Waals surface area contributed by atoms with Crippen LogP contribution in [0.2, 0.25) is 0 Å². The minimum absolute atomic E-state index is 0.0550. The summed E-state index contributed by atoms with van der Waals surface area (Å²) >= 11 is 0. The summed E-state index contributed by atoms with van der Waals surface area (Å²) in [5.41, 5.74) is -4.54. The van der Waals surface area contributed by atoms with Crippen molar-refractivity contribution in [2.75, 3.05) is 13.7 Å². The Hall–Kier alpha value is -5.13. The van der Waals surface area contributed by atoms with Crippen molar-refractivity contribution in [3.8, 4) is 11.6 Å². The van der Waals surface area contributed by atoms with Gasteiger partial charge in [-0.05, 0) is 91.8 Å². The van der Waals surface area contributed by atoms with Crippen molar-refractivity contribution < 1.29 is 55.0 Å². The molecular weight excluding hydrogens is 784 g/mol. The topological polar surface area (TPSA) is 182 Å². The second-order valence-electron chi connectivity index (χ2n) is 16.8. The third-order valence-electron chi connectivity index (χ3n) is 11.0. The van der Waals surface area contributed by atoms with E-state index < -0.39 is 91.5 Å². The molecule has 0 radical (unpaired) electrons. The Labute approximate surface area is 334 Å². The van der Waals surface area contributed by atoms with E-state index in [9.17, 15) is 40.8 Å². The predicted molar refractivity (Wildman–Crippen MR) is 205 cm³/mol. The fourth-order valence-electron chi connectivity index (χ4n) is 7.15. The van der Waals surface area contributed by atoms with E-state index in [-0.39, 0.29) is 30.8 Å². The number of amides is 4. The number of hydrogen-bond donors (Lipinski definition) is 3. The van der Waals surface area contributed by atoms with Crippen molar-refractivity contribution in [2.24, 2.45) is 11.3 Å². The van der Waals surface area contributed by atoms with Crippen LogP contribution in [0.1, 0.15) is 78.4 Å². The molecule has 5 atom stereocenters. The van der Waals surface area contributed by atoms with Gasteiger partial charge in [-0.1, -0.05) is 39.8 Å². The molecule has 58 heavy (non-hydrogen) atoms. The average molecular weight is 832 g/mol. The maximum Gasteiger partial charge on any atom is 0.416 e. The second-order valence-corrected chi connectivity index (χ2v) is 18.8. The number of likely N-dealkylation sites (tertiary alicyclic amines) is 1. The maximum atomic E-state index is 14.7. The average Bonchev–Trinajstić information content (AvgIpc) is 4.06. The monoisotopic (exact) mass is 831 g/mol. The standard InChI is InChI=1S/C40H48F3N5O9S/c1-22-20-39(22,35(51)47-58(53,54)28-13-14-28)46-32(49)30-19-27(56-33-29-15-12-26(55-7)18-23(29)16-17-44-33)21-48(30)34(50)31(37(2,3)4)45-36(52)57-38(5,6)24-8-10-25(11-9-24)40(41,42)43/h8-12,15-18,22,27-28,30-31H,13-14,19-21H2,1-7H3,(H,45,52)(H,46,49)(H,47,51)/t22-,27-,30+,31-,39-/m1/s1. The molecule has 3 aromatic rings. The first-order chi connectivity index (χ1) is 26.9. The lowest BCUT2D eigenvalue weighted by Gasteiger charge is -2.36. The Balaban J connectivity index is 1.26. The van der Waals surface area contributed by atoms with Crippen LogP contribution in [0.25, 0.3) is 10.8 Å². The number of nitrogens with zero attached hydrogens (tertiary/aromatic N) is 2. The molecule has 314 valence electrons. The van der Waals surface area contributed by atoms with Gasteiger partial charge in [0.25, 0.3) is 5.91 Å². The number of rotatable bonds is 12. The van der Waals surface area contributed by atoms with Crippen molar-refractivity contribution in [1.29, 1.82) is 0 Å². The number of carbonyl (C=O) groups excluding carboxylic acids is 4. The highest BCUT2D eigenvalue weighted by atomic mass is 32.2. The first-order valence-corrected chi connectivity index (χ1v) is 20.4. The molecule has 3 N–H and O–H groups in total. The van der Waals surface area contributed by atoms with Gasteiger partial charge in [0.2, 0.25) is 27.7 Å². The molecule has 6 rings (SSSR count). The molecule has 0 bridgehead atoms. The summed E-state index contributed by atoms with van der Waals surface area (Å²) in [7, 11) is -2.38. The molecule has 3 aliphatic rings. The van der Waals surface area contributed by atoms with Gasteiger partial charge in [0.05, 0.1) is 24.5 Å². The Bertz CT molecular complexity index is 2210. The molecule has 1 saturated heterocycles. The van der Waals surface area contributed by atoms with Gasteiger partial charge in [-0.2, -0.15) is 13.2 Å². The van der Waals surface area contributed by atoms with Crippen LogP contribution in [-0.4, -0.2) is 84.7 Å². The van der Waals surface area contributed by atoms with E-state index in [1.54, 1.807) is 58.2 Å². The van der Waals surface area contributed by atoms with Gasteiger partial charge in [-0.15, -0.1) is 0 Å². The normalized spacial score (nSPS) is 22.8. The number of halogens is 3. The Morgan fingerprint density at radius 3 is 2.17 bits per heavy atom. The molecule has 2 aliphatic carbocycles. The van der Waals surface area contributed by atoms with Crippen molar-refractivity contribution >= 4 is 44.6 Å². The van der Waals surface area contributed by atoms with Gasteiger partial charge in [0, 0.05) is 18.0 Å². The summed E-state index contributed by atoms with van der Waals surface area (Å²) in [5, 5.41) is 6.11. The van der Waals surface area contributed by atoms with E-state index in [1.165, 1.54) is 38.0 Å². The van der Waals surface area contributed by atoms with Crippen LogP contribution in [0.3, 0.4) is 0 Å². The number of hydrogen-bond acceptors (Lipinski definition) is 10. The summed E-state index contributed by atoms with van der Waals surface area (Å²) in [6, 6.07) is 8.69. The Kier molecular flexibility index (Phi) is 11.2. The first-order valence-electron chi connectivity index (χ1n) is 18.9. The van der Waals surface area contributed by atoms with Crippen LogP contribution >= 0.6 is 0 Å². The first kappa shape index (κ1) is 42.5. The van der Waals surface area contributed by atoms with Crippen LogP contribution in [0.4, 0.5) is 18.0 Å². The van der Waals surface area contributed by atoms with E-state index >= 15 is 0 Å². The van der Waals surface area contributed by atoms with E-state index in [1.807, 2.05) is 0 Å². The summed E-state index contributed by atoms with van der Waals surface area (Å²) in [5.74, 6) is -1.83. The summed E-state index contributed by atoms with van der Waals surface area (Å²) < 4.78 is 84.4. The minimum atomic E-state index is -4.56. The van der Waals surface area contributed by atoms with Gasteiger partial charge in [0.15, 0.2) is 0 Å². The smallest absolute Gasteiger partial charge is 0.416 e. The van der Waals surface area contributed by atoms with Crippen molar-refractivity contribution in [3.63, 3.8) is 0 Å². The number of ether oxygens (including phenoxy) is 3. The summed E-state index contributed by atoms with van der Waals surface area (Å²) in [4.78, 5) is 61.5. The number of alkyl carbamates (subject to hydrolysis) is 1. The minimum Gasteiger partial charge on any atom is -0.497 e. The number of nitrogens with one attached hydrogen (secondary N) is 3. The Morgan fingerprint density at radius 2 is 1.60 bits per heavy atom. The molecular formula is C40H48F3N5O9S. The SMILES string of the molecule is COc1ccc2c(O[C@@H]3C[C@@H](C(=O)N[C@]4(C(=O)NS(=O)(=O)C5CC5)C[C@H]4C)N(C(=O)[C@@H](NC(=O)OC(C)(C)c4ccc(C(F)(F)F)cc4)C(C)(C)C)C3)nccc2c1. The van der Waals surface area contributed by atoms with Crippen LogP contribution in [-0.2, 0) is 40.9 Å². The van der Waals surface area contributed by atoms with E-state index in [0.717, 1.165) is 17.5 Å². The van der Waals surface area contributed by atoms with Gasteiger partial charge < -0.3 is 29.7 Å². The zero-order valence-electron chi connectivity index (χ0n) is 33.2. The lowest BCUT2D eigenvalue weighted by atomic mass is 9.85. The summed E-state index contributed by atoms with van der Waals surface area (Å²) in [6.07, 6.45) is -3.88. The van der Waals surface area contributed by atoms with Crippen LogP contribution in [0.15, 0.2) is 54.7 Å². The van der Waals surface area contributed by atoms with Gasteiger partial charge in [0.1, 0.15) is 35.1 Å². The van der Waals surface area contributed by atoms with Crippen LogP contribution in [0.5, 0.6) is 11.6 Å². The van der Waals surface area contributed by atoms with Crippen LogP contribution in [0, 0.1) is 11.3 Å². The molecule has 1 aromatic heterocycles. The zero-order chi connectivity index (χ0) is 42.6. The van der Waals surface area contributed by atoms with Gasteiger partial charge >= 0.3 is 12.3 Å². The molecule has 3 fully saturated rings. The zero-order valence-corrected chi connectivity index (χ0v) is 34.0. The third-order valence-corrected chi connectivity index (χ3v) is 12.8. The maximum absolute atomic E-state index is 14.7. The lowest BCUT2D eigenvalue weighted by molar-refractivity contribution is -0.143. The number of alkyl halides is 3. The number of fused-ring (bicyclic) bond motifs is 1. The molecule has 1 aliphatic heterocycles. The van der Waals surface area contributed by atoms with E-state index in [0.29, 0.717) is 24.0 Å². The quantitative estimate of drug-likeness (QED) is 0.220. The number of benzene rings is 2. The second kappa shape index (κ2) is 15.2. The van der Waals surface area contributed by atoms with Gasteiger partial charge in [-0.3, -0.25) is 19.1 Å². The molecule has 2 heterocycles. The molecule has 0 unspecified atom stereocenters. The van der Waals surface area contributed by atoms with Gasteiger partial charge in [-0.25, -0.2) is 18.2 Å². The fraction of sp³-hybridized carbons (Fsp3) is 0.525. The van der Waals surface area contributed by atoms with Crippen molar-refractivity contribution in [1.82, 2.24) is 25.2 Å². The summed E-state index contributed by atoms with van der Waals surface area (Å²) in [6.45, 7) is 9.61. The molecule has 2 aromatic carbocycles. The number of pyridine rings is 1. The highest BCUT2D eigenvalue weighted by Gasteiger charge is 2.61. The number of carbonyl (C=O) groups is 4. The number of sulfonamides is 1. The largest absolute Gasteiger partial charge is 0.497 e. The van der Waals surface area contributed by atoms with Crippen LogP contribution < -0.4 is 24.8 Å². The Morgan fingerprint density at radius 1 is 0.966 bits per heavy atom. The van der Waals surface area contributed by atoms with E-state index in [4.69, 9.17) is 14.2 Å². The lowest BCUT2D eigenvalue weighted by Crippen LogP contribution is -2.60. The highest BCUT2D eigenvalue weighted by Crippen LogP contribution is 2.44. The third kappa shape index (κ3) is 8.95. The molecule has 18 heteroatoms. The molecule has 0 spiro atoms. The number of aromatic nitrogens is 1. The number of methoxy groups -OCH3 is 1.